The second-order valence-electron chi connectivity index (χ2n) is 6.99. The third kappa shape index (κ3) is 2.67. The zero-order valence-electron chi connectivity index (χ0n) is 15.1. The van der Waals surface area contributed by atoms with E-state index < -0.39 is 5.92 Å². The highest BCUT2D eigenvalue weighted by molar-refractivity contribution is 5.87. The summed E-state index contributed by atoms with van der Waals surface area (Å²) >= 11 is 0. The first-order valence-corrected chi connectivity index (χ1v) is 8.83. The minimum Gasteiger partial charge on any atom is -0.439 e. The Kier molecular flexibility index (Phi) is 3.97. The van der Waals surface area contributed by atoms with Crippen LogP contribution in [0.2, 0.25) is 0 Å². The van der Waals surface area contributed by atoms with Crippen molar-refractivity contribution in [2.24, 2.45) is 5.73 Å². The summed E-state index contributed by atoms with van der Waals surface area (Å²) in [6.45, 7) is 4.24. The van der Waals surface area contributed by atoms with Crippen LogP contribution < -0.4 is 16.0 Å². The third-order valence-electron chi connectivity index (χ3n) is 5.02. The van der Waals surface area contributed by atoms with Crippen LogP contribution in [0.15, 0.2) is 64.8 Å². The molecule has 134 valence electrons. The number of nitrogens with one attached hydrogen (secondary N) is 1. The number of H-pyrrole nitrogens is 1. The fourth-order valence-corrected chi connectivity index (χ4v) is 3.58. The van der Waals surface area contributed by atoms with Crippen molar-refractivity contribution in [2.45, 2.75) is 25.7 Å². The van der Waals surface area contributed by atoms with Crippen molar-refractivity contribution >= 4 is 10.9 Å². The van der Waals surface area contributed by atoms with Crippen LogP contribution in [0.25, 0.3) is 10.9 Å². The fourth-order valence-electron chi connectivity index (χ4n) is 3.58. The summed E-state index contributed by atoms with van der Waals surface area (Å²) in [7, 11) is 0. The van der Waals surface area contributed by atoms with Crippen LogP contribution >= 0.6 is 0 Å². The van der Waals surface area contributed by atoms with Gasteiger partial charge in [0.1, 0.15) is 17.4 Å². The molecule has 3 N–H and O–H groups in total. The number of aromatic amines is 1. The summed E-state index contributed by atoms with van der Waals surface area (Å²) < 4.78 is 5.76. The summed E-state index contributed by atoms with van der Waals surface area (Å²) in [5.74, 6) is 0.292. The molecule has 0 fully saturated rings. The molecule has 0 saturated heterocycles. The lowest BCUT2D eigenvalue weighted by Gasteiger charge is -2.26. The SMILES string of the molecule is CC(C)c1ccc(C2C(C#N)=C(N)Oc3c2c(=O)[nH]c2ccccc32)cc1. The van der Waals surface area contributed by atoms with Gasteiger partial charge in [-0.05, 0) is 29.2 Å². The first kappa shape index (κ1) is 16.9. The van der Waals surface area contributed by atoms with E-state index in [2.05, 4.69) is 24.9 Å². The molecule has 1 aromatic heterocycles. The maximum Gasteiger partial charge on any atom is 0.256 e. The molecule has 0 bridgehead atoms. The van der Waals surface area contributed by atoms with Crippen LogP contribution in [0.3, 0.4) is 0 Å². The molecule has 0 spiro atoms. The standard InChI is InChI=1S/C22H19N3O2/c1-12(2)13-7-9-14(10-8-13)18-16(11-23)21(24)27-20-15-5-3-4-6-17(15)25-22(26)19(18)20/h3-10,12,18H,24H2,1-2H3,(H,25,26). The van der Waals surface area contributed by atoms with E-state index in [9.17, 15) is 10.1 Å². The second kappa shape index (κ2) is 6.33. The van der Waals surface area contributed by atoms with Crippen molar-refractivity contribution < 1.29 is 4.74 Å². The van der Waals surface area contributed by atoms with E-state index >= 15 is 0 Å². The normalized spacial score (nSPS) is 16.1. The summed E-state index contributed by atoms with van der Waals surface area (Å²) in [4.78, 5) is 15.8. The summed E-state index contributed by atoms with van der Waals surface area (Å²) in [6, 6.07) is 17.5. The molecule has 5 heteroatoms. The number of nitrogens with zero attached hydrogens (tertiary/aromatic N) is 1. The number of allylic oxidation sites excluding steroid dienone is 1. The molecule has 1 unspecified atom stereocenters. The maximum absolute atomic E-state index is 12.9. The monoisotopic (exact) mass is 357 g/mol. The Bertz CT molecular complexity index is 1160. The van der Waals surface area contributed by atoms with E-state index in [4.69, 9.17) is 10.5 Å². The van der Waals surface area contributed by atoms with Gasteiger partial charge in [0.05, 0.1) is 17.0 Å². The summed E-state index contributed by atoms with van der Waals surface area (Å²) in [5.41, 5.74) is 9.16. The van der Waals surface area contributed by atoms with Gasteiger partial charge in [0.25, 0.3) is 5.56 Å². The van der Waals surface area contributed by atoms with Gasteiger partial charge in [-0.25, -0.2) is 0 Å². The lowest BCUT2D eigenvalue weighted by Crippen LogP contribution is -2.27. The number of hydrogen-bond donors (Lipinski definition) is 2. The van der Waals surface area contributed by atoms with Crippen LogP contribution in [-0.4, -0.2) is 4.98 Å². The smallest absolute Gasteiger partial charge is 0.256 e. The molecular formula is C22H19N3O2. The first-order valence-electron chi connectivity index (χ1n) is 8.83. The van der Waals surface area contributed by atoms with Crippen LogP contribution in [0.1, 0.15) is 42.4 Å². The molecule has 3 aromatic rings. The van der Waals surface area contributed by atoms with Gasteiger partial charge in [-0.1, -0.05) is 50.2 Å². The van der Waals surface area contributed by atoms with Crippen LogP contribution in [-0.2, 0) is 0 Å². The average Bonchev–Trinajstić information content (AvgIpc) is 2.67. The predicted molar refractivity (Wildman–Crippen MR) is 104 cm³/mol. The van der Waals surface area contributed by atoms with E-state index in [0.29, 0.717) is 22.7 Å². The zero-order valence-corrected chi connectivity index (χ0v) is 15.1. The minimum absolute atomic E-state index is 0.0405. The van der Waals surface area contributed by atoms with Crippen molar-refractivity contribution in [3.05, 3.63) is 87.0 Å². The van der Waals surface area contributed by atoms with Gasteiger partial charge in [-0.15, -0.1) is 0 Å². The van der Waals surface area contributed by atoms with E-state index in [1.54, 1.807) is 0 Å². The number of fused-ring (bicyclic) bond motifs is 3. The lowest BCUT2D eigenvalue weighted by molar-refractivity contribution is 0.397. The van der Waals surface area contributed by atoms with E-state index in [-0.39, 0.29) is 17.0 Å². The molecule has 1 aliphatic heterocycles. The Morgan fingerprint density at radius 1 is 1.15 bits per heavy atom. The lowest BCUT2D eigenvalue weighted by atomic mass is 9.83. The third-order valence-corrected chi connectivity index (χ3v) is 5.02. The van der Waals surface area contributed by atoms with Gasteiger partial charge in [0, 0.05) is 5.39 Å². The molecule has 1 atom stereocenters. The number of nitriles is 1. The number of nitrogens with two attached hydrogens (primary N) is 1. The number of benzene rings is 2. The van der Waals surface area contributed by atoms with Gasteiger partial charge in [-0.3, -0.25) is 4.79 Å². The molecule has 0 aliphatic carbocycles. The van der Waals surface area contributed by atoms with Gasteiger partial charge < -0.3 is 15.5 Å². The number of ether oxygens (including phenoxy) is 1. The Morgan fingerprint density at radius 2 is 1.85 bits per heavy atom. The van der Waals surface area contributed by atoms with E-state index in [1.165, 1.54) is 5.56 Å². The number of pyridine rings is 1. The van der Waals surface area contributed by atoms with E-state index in [0.717, 1.165) is 10.9 Å². The molecule has 2 aromatic carbocycles. The molecule has 4 rings (SSSR count). The molecule has 27 heavy (non-hydrogen) atoms. The first-order chi connectivity index (χ1) is 13.0. The molecule has 5 nitrogen and oxygen atoms in total. The average molecular weight is 357 g/mol. The molecule has 0 amide bonds. The highest BCUT2D eigenvalue weighted by Crippen LogP contribution is 2.43. The largest absolute Gasteiger partial charge is 0.439 e. The predicted octanol–water partition coefficient (Wildman–Crippen LogP) is 3.87. The summed E-state index contributed by atoms with van der Waals surface area (Å²) in [6.07, 6.45) is 0. The highest BCUT2D eigenvalue weighted by atomic mass is 16.5. The van der Waals surface area contributed by atoms with Crippen molar-refractivity contribution in [3.63, 3.8) is 0 Å². The molecule has 1 aliphatic rings. The molecular weight excluding hydrogens is 338 g/mol. The number of aromatic nitrogens is 1. The Hall–Kier alpha value is -3.52. The van der Waals surface area contributed by atoms with Crippen molar-refractivity contribution in [1.82, 2.24) is 4.98 Å². The molecule has 2 heterocycles. The van der Waals surface area contributed by atoms with Crippen LogP contribution in [0.4, 0.5) is 0 Å². The van der Waals surface area contributed by atoms with E-state index in [1.807, 2.05) is 48.5 Å². The summed E-state index contributed by atoms with van der Waals surface area (Å²) in [5, 5.41) is 10.4. The Morgan fingerprint density at radius 3 is 2.52 bits per heavy atom. The highest BCUT2D eigenvalue weighted by Gasteiger charge is 2.34. The topological polar surface area (TPSA) is 91.9 Å². The second-order valence-corrected chi connectivity index (χ2v) is 6.99. The van der Waals surface area contributed by atoms with Gasteiger partial charge in [0.2, 0.25) is 5.88 Å². The number of para-hydroxylation sites is 1. The molecule has 0 radical (unpaired) electrons. The van der Waals surface area contributed by atoms with Gasteiger partial charge in [0.15, 0.2) is 0 Å². The Balaban J connectivity index is 2.00. The number of rotatable bonds is 2. The quantitative estimate of drug-likeness (QED) is 0.728. The molecule has 0 saturated carbocycles. The van der Waals surface area contributed by atoms with Gasteiger partial charge in [-0.2, -0.15) is 5.26 Å². The zero-order chi connectivity index (χ0) is 19.1. The van der Waals surface area contributed by atoms with Gasteiger partial charge >= 0.3 is 0 Å². The minimum atomic E-state index is -0.562. The van der Waals surface area contributed by atoms with Crippen molar-refractivity contribution in [2.75, 3.05) is 0 Å². The van der Waals surface area contributed by atoms with Crippen LogP contribution in [0.5, 0.6) is 5.75 Å². The fraction of sp³-hybridized carbons (Fsp3) is 0.182. The maximum atomic E-state index is 12.9. The van der Waals surface area contributed by atoms with Crippen molar-refractivity contribution in [3.8, 4) is 11.8 Å². The Labute approximate surface area is 156 Å². The van der Waals surface area contributed by atoms with Crippen molar-refractivity contribution in [1.29, 1.82) is 5.26 Å². The number of hydrogen-bond acceptors (Lipinski definition) is 4. The van der Waals surface area contributed by atoms with Crippen LogP contribution in [0, 0.1) is 11.3 Å².